The van der Waals surface area contributed by atoms with Crippen LogP contribution in [-0.4, -0.2) is 54.3 Å². The second-order valence-corrected chi connectivity index (χ2v) is 7.07. The molecule has 6 nitrogen and oxygen atoms in total. The van der Waals surface area contributed by atoms with Crippen LogP contribution in [0.15, 0.2) is 29.2 Å². The van der Waals surface area contributed by atoms with E-state index < -0.39 is 10.0 Å². The summed E-state index contributed by atoms with van der Waals surface area (Å²) >= 11 is 0. The zero-order chi connectivity index (χ0) is 14.3. The standard InChI is InChI=1S/C13H16N2O4S/c16-11-2-4-12(5-3-11)20(18,19)14-7-8-15-10(9-14)1-6-13(15)17/h2-5,10,16H,1,6-9H2. The van der Waals surface area contributed by atoms with Crippen LogP contribution in [0.3, 0.4) is 0 Å². The molecule has 2 fully saturated rings. The number of piperazine rings is 1. The van der Waals surface area contributed by atoms with Gasteiger partial charge in [0.05, 0.1) is 4.90 Å². The van der Waals surface area contributed by atoms with Crippen molar-refractivity contribution < 1.29 is 18.3 Å². The molecule has 3 rings (SSSR count). The number of carbonyl (C=O) groups excluding carboxylic acids is 1. The highest BCUT2D eigenvalue weighted by atomic mass is 32.2. The molecule has 1 unspecified atom stereocenters. The summed E-state index contributed by atoms with van der Waals surface area (Å²) in [5.74, 6) is 0.159. The Balaban J connectivity index is 1.82. The Labute approximate surface area is 117 Å². The van der Waals surface area contributed by atoms with Gasteiger partial charge in [-0.2, -0.15) is 4.31 Å². The van der Waals surface area contributed by atoms with Crippen LogP contribution in [0, 0.1) is 0 Å². The molecule has 20 heavy (non-hydrogen) atoms. The second kappa shape index (κ2) is 4.75. The smallest absolute Gasteiger partial charge is 0.243 e. The van der Waals surface area contributed by atoms with E-state index in [9.17, 15) is 18.3 Å². The molecule has 7 heteroatoms. The minimum Gasteiger partial charge on any atom is -0.508 e. The average molecular weight is 296 g/mol. The quantitative estimate of drug-likeness (QED) is 0.856. The van der Waals surface area contributed by atoms with Gasteiger partial charge < -0.3 is 10.0 Å². The maximum Gasteiger partial charge on any atom is 0.243 e. The topological polar surface area (TPSA) is 77.9 Å². The van der Waals surface area contributed by atoms with Crippen LogP contribution in [0.1, 0.15) is 12.8 Å². The minimum atomic E-state index is -3.55. The number of rotatable bonds is 2. The third-order valence-electron chi connectivity index (χ3n) is 3.93. The number of fused-ring (bicyclic) bond motifs is 1. The molecule has 1 aromatic carbocycles. The number of benzene rings is 1. The van der Waals surface area contributed by atoms with E-state index in [-0.39, 0.29) is 22.6 Å². The zero-order valence-electron chi connectivity index (χ0n) is 10.9. The van der Waals surface area contributed by atoms with E-state index in [1.807, 2.05) is 0 Å². The number of nitrogens with zero attached hydrogens (tertiary/aromatic N) is 2. The molecule has 0 spiro atoms. The molecule has 1 aromatic rings. The highest BCUT2D eigenvalue weighted by Gasteiger charge is 2.39. The van der Waals surface area contributed by atoms with Gasteiger partial charge in [0.2, 0.25) is 15.9 Å². The van der Waals surface area contributed by atoms with E-state index in [0.717, 1.165) is 6.42 Å². The first-order chi connectivity index (χ1) is 9.48. The Morgan fingerprint density at radius 1 is 1.15 bits per heavy atom. The molecule has 0 aliphatic carbocycles. The summed E-state index contributed by atoms with van der Waals surface area (Å²) in [7, 11) is -3.55. The van der Waals surface area contributed by atoms with Gasteiger partial charge in [-0.1, -0.05) is 0 Å². The fourth-order valence-electron chi connectivity index (χ4n) is 2.82. The summed E-state index contributed by atoms with van der Waals surface area (Å²) in [6.45, 7) is 1.14. The van der Waals surface area contributed by atoms with Crippen LogP contribution in [0.25, 0.3) is 0 Å². The molecule has 2 saturated heterocycles. The van der Waals surface area contributed by atoms with Crippen LogP contribution in [-0.2, 0) is 14.8 Å². The van der Waals surface area contributed by atoms with Gasteiger partial charge in [-0.15, -0.1) is 0 Å². The predicted molar refractivity (Wildman–Crippen MR) is 71.6 cm³/mol. The van der Waals surface area contributed by atoms with Crippen LogP contribution in [0.2, 0.25) is 0 Å². The molecular formula is C13H16N2O4S. The van der Waals surface area contributed by atoms with Crippen molar-refractivity contribution in [2.24, 2.45) is 0 Å². The van der Waals surface area contributed by atoms with E-state index in [4.69, 9.17) is 0 Å². The van der Waals surface area contributed by atoms with Gasteiger partial charge in [0, 0.05) is 32.1 Å². The number of hydrogen-bond acceptors (Lipinski definition) is 4. The van der Waals surface area contributed by atoms with E-state index in [0.29, 0.717) is 26.1 Å². The fraction of sp³-hybridized carbons (Fsp3) is 0.462. The lowest BCUT2D eigenvalue weighted by Gasteiger charge is -2.36. The number of phenolic OH excluding ortho intramolecular Hbond substituents is 1. The van der Waals surface area contributed by atoms with E-state index in [2.05, 4.69) is 0 Å². The number of amides is 1. The number of hydrogen-bond donors (Lipinski definition) is 1. The molecule has 2 aliphatic heterocycles. The number of aromatic hydroxyl groups is 1. The minimum absolute atomic E-state index is 0.00291. The molecule has 1 N–H and O–H groups in total. The van der Waals surface area contributed by atoms with Gasteiger partial charge in [-0.3, -0.25) is 4.79 Å². The Morgan fingerprint density at radius 2 is 1.85 bits per heavy atom. The fourth-order valence-corrected chi connectivity index (χ4v) is 4.29. The number of phenols is 1. The first-order valence-corrected chi connectivity index (χ1v) is 8.01. The lowest BCUT2D eigenvalue weighted by molar-refractivity contribution is -0.130. The van der Waals surface area contributed by atoms with E-state index in [1.165, 1.54) is 28.6 Å². The average Bonchev–Trinajstić information content (AvgIpc) is 2.80. The second-order valence-electron chi connectivity index (χ2n) is 5.14. The molecule has 108 valence electrons. The van der Waals surface area contributed by atoms with Gasteiger partial charge in [0.15, 0.2) is 0 Å². The molecule has 0 bridgehead atoms. The molecule has 0 aromatic heterocycles. The van der Waals surface area contributed by atoms with Crippen molar-refractivity contribution in [3.05, 3.63) is 24.3 Å². The molecule has 1 atom stereocenters. The Bertz CT molecular complexity index is 626. The van der Waals surface area contributed by atoms with Crippen molar-refractivity contribution in [1.82, 2.24) is 9.21 Å². The third-order valence-corrected chi connectivity index (χ3v) is 5.81. The van der Waals surface area contributed by atoms with Crippen LogP contribution in [0.4, 0.5) is 0 Å². The number of carbonyl (C=O) groups is 1. The van der Waals surface area contributed by atoms with Crippen LogP contribution in [0.5, 0.6) is 5.75 Å². The lowest BCUT2D eigenvalue weighted by atomic mass is 10.2. The van der Waals surface area contributed by atoms with Crippen molar-refractivity contribution >= 4 is 15.9 Å². The third kappa shape index (κ3) is 2.16. The summed E-state index contributed by atoms with van der Waals surface area (Å²) in [5, 5.41) is 9.23. The molecule has 0 radical (unpaired) electrons. The van der Waals surface area contributed by atoms with Crippen molar-refractivity contribution in [2.45, 2.75) is 23.8 Å². The maximum absolute atomic E-state index is 12.5. The summed E-state index contributed by atoms with van der Waals surface area (Å²) in [6, 6.07) is 5.53. The van der Waals surface area contributed by atoms with Gasteiger partial charge in [0.25, 0.3) is 0 Å². The number of sulfonamides is 1. The largest absolute Gasteiger partial charge is 0.508 e. The van der Waals surface area contributed by atoms with Crippen molar-refractivity contribution in [2.75, 3.05) is 19.6 Å². The SMILES string of the molecule is O=C1CCC2CN(S(=O)(=O)c3ccc(O)cc3)CCN12. The molecular weight excluding hydrogens is 280 g/mol. The molecule has 2 heterocycles. The summed E-state index contributed by atoms with van der Waals surface area (Å²) in [5.41, 5.74) is 0. The van der Waals surface area contributed by atoms with Gasteiger partial charge in [-0.05, 0) is 30.7 Å². The monoisotopic (exact) mass is 296 g/mol. The molecule has 2 aliphatic rings. The van der Waals surface area contributed by atoms with Gasteiger partial charge >= 0.3 is 0 Å². The first kappa shape index (κ1) is 13.4. The molecule has 0 saturated carbocycles. The first-order valence-electron chi connectivity index (χ1n) is 6.57. The van der Waals surface area contributed by atoms with E-state index in [1.54, 1.807) is 4.90 Å². The van der Waals surface area contributed by atoms with Crippen molar-refractivity contribution in [3.63, 3.8) is 0 Å². The summed E-state index contributed by atoms with van der Waals surface area (Å²) in [6.07, 6.45) is 1.23. The van der Waals surface area contributed by atoms with E-state index >= 15 is 0 Å². The van der Waals surface area contributed by atoms with Crippen LogP contribution >= 0.6 is 0 Å². The summed E-state index contributed by atoms with van der Waals surface area (Å²) < 4.78 is 26.4. The zero-order valence-corrected chi connectivity index (χ0v) is 11.7. The van der Waals surface area contributed by atoms with Gasteiger partial charge in [0.1, 0.15) is 5.75 Å². The van der Waals surface area contributed by atoms with Crippen molar-refractivity contribution in [1.29, 1.82) is 0 Å². The Hall–Kier alpha value is -1.60. The van der Waals surface area contributed by atoms with Gasteiger partial charge in [-0.25, -0.2) is 8.42 Å². The Morgan fingerprint density at radius 3 is 2.55 bits per heavy atom. The maximum atomic E-state index is 12.5. The van der Waals surface area contributed by atoms with Crippen LogP contribution < -0.4 is 0 Å². The Kier molecular flexibility index (Phi) is 3.18. The normalized spacial score (nSPS) is 23.9. The highest BCUT2D eigenvalue weighted by Crippen LogP contribution is 2.27. The summed E-state index contributed by atoms with van der Waals surface area (Å²) in [4.78, 5) is 13.6. The molecule has 1 amide bonds. The highest BCUT2D eigenvalue weighted by molar-refractivity contribution is 7.89. The predicted octanol–water partition coefficient (Wildman–Crippen LogP) is 0.387. The lowest BCUT2D eigenvalue weighted by Crippen LogP contribution is -2.53. The van der Waals surface area contributed by atoms with Crippen molar-refractivity contribution in [3.8, 4) is 5.75 Å².